The number of hydrogen-bond acceptors (Lipinski definition) is 4. The Bertz CT molecular complexity index is 1010. The molecule has 3 aromatic rings. The largest absolute Gasteiger partial charge is 0.383 e. The van der Waals surface area contributed by atoms with Crippen LogP contribution in [0.1, 0.15) is 47.2 Å². The average Bonchev–Trinajstić information content (AvgIpc) is 3.17. The number of carbonyl (C=O) groups excluding carboxylic acids is 1. The third kappa shape index (κ3) is 5.04. The van der Waals surface area contributed by atoms with Crippen molar-refractivity contribution < 1.29 is 9.90 Å². The van der Waals surface area contributed by atoms with E-state index in [2.05, 4.69) is 34.8 Å². The summed E-state index contributed by atoms with van der Waals surface area (Å²) in [6, 6.07) is 14.3. The van der Waals surface area contributed by atoms with E-state index in [1.807, 2.05) is 12.1 Å². The average molecular weight is 491 g/mol. The number of aliphatic hydroxyl groups is 1. The molecule has 3 rings (SSSR count). The number of hydrogen-bond donors (Lipinski definition) is 1. The highest BCUT2D eigenvalue weighted by Gasteiger charge is 2.29. The van der Waals surface area contributed by atoms with Crippen molar-refractivity contribution in [1.82, 2.24) is 4.98 Å². The number of rotatable bonds is 7. The van der Waals surface area contributed by atoms with Gasteiger partial charge in [0.05, 0.1) is 3.79 Å². The molecule has 2 atom stereocenters. The monoisotopic (exact) mass is 489 g/mol. The van der Waals surface area contributed by atoms with Gasteiger partial charge in [-0.3, -0.25) is 9.78 Å². The van der Waals surface area contributed by atoms with E-state index < -0.39 is 6.10 Å². The zero-order valence-electron chi connectivity index (χ0n) is 16.1. The van der Waals surface area contributed by atoms with E-state index in [0.717, 1.165) is 20.7 Å². The van der Waals surface area contributed by atoms with Gasteiger partial charge in [-0.25, -0.2) is 0 Å². The number of aliphatic hydroxyl groups excluding tert-OH is 1. The van der Waals surface area contributed by atoms with Crippen molar-refractivity contribution in [3.05, 3.63) is 91.3 Å². The Morgan fingerprint density at radius 1 is 1.21 bits per heavy atom. The van der Waals surface area contributed by atoms with E-state index in [-0.39, 0.29) is 11.7 Å². The van der Waals surface area contributed by atoms with Gasteiger partial charge < -0.3 is 5.11 Å². The molecule has 3 nitrogen and oxygen atoms in total. The summed E-state index contributed by atoms with van der Waals surface area (Å²) in [7, 11) is 0. The molecule has 0 aliphatic carbocycles. The van der Waals surface area contributed by atoms with Crippen LogP contribution in [0, 0.1) is 5.92 Å². The minimum atomic E-state index is -1.09. The Kier molecular flexibility index (Phi) is 7.41. The van der Waals surface area contributed by atoms with E-state index in [9.17, 15) is 9.90 Å². The molecule has 0 fully saturated rings. The minimum absolute atomic E-state index is 0.0816. The molecule has 1 aromatic carbocycles. The van der Waals surface area contributed by atoms with Crippen molar-refractivity contribution in [2.45, 2.75) is 26.4 Å². The lowest BCUT2D eigenvalue weighted by atomic mass is 9.84. The van der Waals surface area contributed by atoms with Gasteiger partial charge in [-0.15, -0.1) is 11.3 Å². The molecule has 0 amide bonds. The van der Waals surface area contributed by atoms with Crippen molar-refractivity contribution in [1.29, 1.82) is 0 Å². The van der Waals surface area contributed by atoms with Crippen LogP contribution in [0.4, 0.5) is 0 Å². The molecule has 0 aliphatic rings. The topological polar surface area (TPSA) is 50.2 Å². The number of benzene rings is 1. The van der Waals surface area contributed by atoms with E-state index >= 15 is 0 Å². The van der Waals surface area contributed by atoms with Gasteiger partial charge in [0.25, 0.3) is 0 Å². The van der Waals surface area contributed by atoms with Crippen LogP contribution in [-0.4, -0.2) is 15.9 Å². The lowest BCUT2D eigenvalue weighted by molar-refractivity contribution is 0.0987. The number of allylic oxidation sites excluding steroid dienone is 1. The second-order valence-electron chi connectivity index (χ2n) is 6.77. The fraction of sp³-hybridized carbons (Fsp3) is 0.217. The lowest BCUT2D eigenvalue weighted by Gasteiger charge is -2.23. The number of thiophene rings is 1. The predicted molar refractivity (Wildman–Crippen MR) is 123 cm³/mol. The van der Waals surface area contributed by atoms with Crippen LogP contribution >= 0.6 is 38.9 Å². The molecule has 2 unspecified atom stereocenters. The molecule has 0 bridgehead atoms. The molecule has 2 aromatic heterocycles. The number of aromatic nitrogens is 1. The molecule has 6 heteroatoms. The van der Waals surface area contributed by atoms with Gasteiger partial charge in [0.1, 0.15) is 6.10 Å². The molecule has 0 radical (unpaired) electrons. The summed E-state index contributed by atoms with van der Waals surface area (Å²) in [4.78, 5) is 18.7. The summed E-state index contributed by atoms with van der Waals surface area (Å²) < 4.78 is 0.975. The summed E-state index contributed by atoms with van der Waals surface area (Å²) in [5, 5.41) is 11.9. The highest BCUT2D eigenvalue weighted by molar-refractivity contribution is 9.11. The zero-order valence-corrected chi connectivity index (χ0v) is 19.3. The minimum Gasteiger partial charge on any atom is -0.383 e. The van der Waals surface area contributed by atoms with E-state index in [1.54, 1.807) is 60.1 Å². The SMILES string of the molecule is CCC(C)/C(=C(\C(=O)c1ccc(Cl)cc1)C(O)c1cccnc1)c1ccc(Br)s1. The molecular weight excluding hydrogens is 470 g/mol. The van der Waals surface area contributed by atoms with Crippen LogP contribution in [0.25, 0.3) is 5.57 Å². The van der Waals surface area contributed by atoms with Crippen LogP contribution in [0.3, 0.4) is 0 Å². The molecule has 0 saturated carbocycles. The Hall–Kier alpha value is -1.79. The molecule has 0 spiro atoms. The number of Topliss-reactive ketones (excluding diaryl/α,β-unsaturated/α-hetero) is 1. The molecular formula is C23H21BrClNO2S. The maximum atomic E-state index is 13.6. The molecule has 150 valence electrons. The number of ketones is 1. The van der Waals surface area contributed by atoms with Crippen LogP contribution in [0.5, 0.6) is 0 Å². The van der Waals surface area contributed by atoms with Gasteiger partial charge in [0.2, 0.25) is 0 Å². The van der Waals surface area contributed by atoms with Crippen LogP contribution in [0.2, 0.25) is 5.02 Å². The molecule has 0 saturated heterocycles. The van der Waals surface area contributed by atoms with Gasteiger partial charge in [-0.1, -0.05) is 31.5 Å². The number of pyridine rings is 1. The third-order valence-electron chi connectivity index (χ3n) is 4.86. The molecule has 2 heterocycles. The number of nitrogens with zero attached hydrogens (tertiary/aromatic N) is 1. The second-order valence-corrected chi connectivity index (χ2v) is 9.66. The van der Waals surface area contributed by atoms with Gasteiger partial charge in [0.15, 0.2) is 5.78 Å². The maximum absolute atomic E-state index is 13.6. The fourth-order valence-electron chi connectivity index (χ4n) is 3.16. The first-order chi connectivity index (χ1) is 13.9. The molecule has 1 N–H and O–H groups in total. The van der Waals surface area contributed by atoms with E-state index in [0.29, 0.717) is 21.7 Å². The van der Waals surface area contributed by atoms with Gasteiger partial charge in [0, 0.05) is 39.0 Å². The zero-order chi connectivity index (χ0) is 21.0. The number of halogens is 2. The Labute approximate surface area is 188 Å². The Balaban J connectivity index is 2.25. The standard InChI is InChI=1S/C23H21BrClNO2S/c1-3-14(2)20(18-10-11-19(24)29-18)21(23(28)16-5-4-12-26-13-16)22(27)15-6-8-17(25)9-7-15/h4-14,23,28H,3H2,1-2H3/b21-20-. The van der Waals surface area contributed by atoms with Crippen LogP contribution in [-0.2, 0) is 0 Å². The van der Waals surface area contributed by atoms with Crippen molar-refractivity contribution >= 4 is 50.2 Å². The van der Waals surface area contributed by atoms with Crippen molar-refractivity contribution in [2.24, 2.45) is 5.92 Å². The van der Waals surface area contributed by atoms with Crippen LogP contribution < -0.4 is 0 Å². The summed E-state index contributed by atoms with van der Waals surface area (Å²) >= 11 is 11.1. The first kappa shape index (κ1) is 21.9. The van der Waals surface area contributed by atoms with Crippen LogP contribution in [0.15, 0.2) is 70.3 Å². The number of carbonyl (C=O) groups is 1. The predicted octanol–water partition coefficient (Wildman–Crippen LogP) is 6.98. The van der Waals surface area contributed by atoms with Crippen molar-refractivity contribution in [3.8, 4) is 0 Å². The quantitative estimate of drug-likeness (QED) is 0.287. The summed E-state index contributed by atoms with van der Waals surface area (Å²) in [5.74, 6) is -0.129. The van der Waals surface area contributed by atoms with Crippen molar-refractivity contribution in [2.75, 3.05) is 0 Å². The first-order valence-electron chi connectivity index (χ1n) is 9.30. The Morgan fingerprint density at radius 3 is 2.48 bits per heavy atom. The lowest BCUT2D eigenvalue weighted by Crippen LogP contribution is -2.17. The van der Waals surface area contributed by atoms with Crippen molar-refractivity contribution in [3.63, 3.8) is 0 Å². The van der Waals surface area contributed by atoms with Gasteiger partial charge in [-0.2, -0.15) is 0 Å². The third-order valence-corrected chi connectivity index (χ3v) is 6.77. The van der Waals surface area contributed by atoms with E-state index in [1.165, 1.54) is 0 Å². The highest BCUT2D eigenvalue weighted by atomic mass is 79.9. The normalized spacial score (nSPS) is 14.2. The smallest absolute Gasteiger partial charge is 0.192 e. The highest BCUT2D eigenvalue weighted by Crippen LogP contribution is 2.40. The Morgan fingerprint density at radius 2 is 1.93 bits per heavy atom. The second kappa shape index (κ2) is 9.81. The molecule has 29 heavy (non-hydrogen) atoms. The fourth-order valence-corrected chi connectivity index (χ4v) is 4.84. The summed E-state index contributed by atoms with van der Waals surface area (Å²) in [6.07, 6.45) is 2.99. The van der Waals surface area contributed by atoms with E-state index in [4.69, 9.17) is 11.6 Å². The van der Waals surface area contributed by atoms with Gasteiger partial charge >= 0.3 is 0 Å². The first-order valence-corrected chi connectivity index (χ1v) is 11.3. The maximum Gasteiger partial charge on any atom is 0.192 e. The van der Waals surface area contributed by atoms with Gasteiger partial charge in [-0.05, 0) is 76.3 Å². The summed E-state index contributed by atoms with van der Waals surface area (Å²) in [6.45, 7) is 4.15. The molecule has 0 aliphatic heterocycles. The summed E-state index contributed by atoms with van der Waals surface area (Å²) in [5.41, 5.74) is 2.31.